The van der Waals surface area contributed by atoms with Crippen LogP contribution >= 0.6 is 0 Å². The minimum atomic E-state index is 0.133. The third-order valence-corrected chi connectivity index (χ3v) is 2.42. The average Bonchev–Trinajstić information content (AvgIpc) is 2.92. The molecule has 0 aliphatic heterocycles. The van der Waals surface area contributed by atoms with E-state index in [-0.39, 0.29) is 6.61 Å². The van der Waals surface area contributed by atoms with E-state index in [1.54, 1.807) is 0 Å². The molecular formula is C11H23NO2. The molecule has 3 nitrogen and oxygen atoms in total. The Balaban J connectivity index is 2.09. The first kappa shape index (κ1) is 12.0. The van der Waals surface area contributed by atoms with Gasteiger partial charge in [0.15, 0.2) is 0 Å². The van der Waals surface area contributed by atoms with Crippen molar-refractivity contribution in [3.63, 3.8) is 0 Å². The Kier molecular flexibility index (Phi) is 5.45. The number of hydrogen-bond acceptors (Lipinski definition) is 3. The number of ether oxygens (including phenoxy) is 1. The first-order chi connectivity index (χ1) is 6.74. The van der Waals surface area contributed by atoms with Crippen LogP contribution in [0.3, 0.4) is 0 Å². The Morgan fingerprint density at radius 3 is 2.57 bits per heavy atom. The maximum Gasteiger partial charge on any atom is 0.0698 e. The highest BCUT2D eigenvalue weighted by Crippen LogP contribution is 2.27. The van der Waals surface area contributed by atoms with E-state index in [0.29, 0.717) is 6.61 Å². The van der Waals surface area contributed by atoms with Crippen molar-refractivity contribution < 1.29 is 9.84 Å². The van der Waals surface area contributed by atoms with Crippen molar-refractivity contribution in [2.24, 2.45) is 5.92 Å². The molecule has 0 aromatic carbocycles. The van der Waals surface area contributed by atoms with Crippen LogP contribution in [0.5, 0.6) is 0 Å². The van der Waals surface area contributed by atoms with Crippen LogP contribution in [0.15, 0.2) is 0 Å². The second-order valence-electron chi connectivity index (χ2n) is 4.46. The zero-order chi connectivity index (χ0) is 10.4. The Labute approximate surface area is 87.1 Å². The smallest absolute Gasteiger partial charge is 0.0698 e. The highest BCUT2D eigenvalue weighted by atomic mass is 16.5. The van der Waals surface area contributed by atoms with Crippen LogP contribution in [-0.2, 0) is 4.74 Å². The van der Waals surface area contributed by atoms with Crippen LogP contribution < -0.4 is 0 Å². The lowest BCUT2D eigenvalue weighted by Gasteiger charge is -2.23. The van der Waals surface area contributed by atoms with E-state index in [4.69, 9.17) is 9.84 Å². The largest absolute Gasteiger partial charge is 0.394 e. The molecule has 0 atom stereocenters. The summed E-state index contributed by atoms with van der Waals surface area (Å²) >= 11 is 0. The van der Waals surface area contributed by atoms with Gasteiger partial charge in [0.25, 0.3) is 0 Å². The van der Waals surface area contributed by atoms with Crippen molar-refractivity contribution >= 4 is 0 Å². The Morgan fingerprint density at radius 2 is 2.07 bits per heavy atom. The fourth-order valence-corrected chi connectivity index (χ4v) is 1.68. The highest BCUT2D eigenvalue weighted by Gasteiger charge is 2.28. The standard InChI is InChI=1S/C11H23NO2/c1-10(2)9-12(11-3-4-11)5-7-14-8-6-13/h10-11,13H,3-9H2,1-2H3. The van der Waals surface area contributed by atoms with Gasteiger partial charge in [0.2, 0.25) is 0 Å². The summed E-state index contributed by atoms with van der Waals surface area (Å²) in [5.41, 5.74) is 0. The van der Waals surface area contributed by atoms with E-state index < -0.39 is 0 Å². The minimum Gasteiger partial charge on any atom is -0.394 e. The zero-order valence-corrected chi connectivity index (χ0v) is 9.41. The van der Waals surface area contributed by atoms with E-state index in [1.807, 2.05) is 0 Å². The van der Waals surface area contributed by atoms with Gasteiger partial charge in [0.05, 0.1) is 19.8 Å². The maximum absolute atomic E-state index is 8.56. The predicted octanol–water partition coefficient (Wildman–Crippen LogP) is 1.12. The van der Waals surface area contributed by atoms with Crippen LogP contribution in [0, 0.1) is 5.92 Å². The number of nitrogens with zero attached hydrogens (tertiary/aromatic N) is 1. The molecule has 0 saturated heterocycles. The van der Waals surface area contributed by atoms with E-state index in [0.717, 1.165) is 25.1 Å². The first-order valence-electron chi connectivity index (χ1n) is 5.66. The SMILES string of the molecule is CC(C)CN(CCOCCO)C1CC1. The van der Waals surface area contributed by atoms with Crippen molar-refractivity contribution in [1.29, 1.82) is 0 Å². The van der Waals surface area contributed by atoms with Gasteiger partial charge in [-0.1, -0.05) is 13.8 Å². The van der Waals surface area contributed by atoms with Crippen molar-refractivity contribution in [3.8, 4) is 0 Å². The van der Waals surface area contributed by atoms with Gasteiger partial charge in [-0.25, -0.2) is 0 Å². The quantitative estimate of drug-likeness (QED) is 0.597. The molecule has 1 fully saturated rings. The molecule has 0 amide bonds. The summed E-state index contributed by atoms with van der Waals surface area (Å²) in [5, 5.41) is 8.56. The lowest BCUT2D eigenvalue weighted by Crippen LogP contribution is -2.33. The molecule has 84 valence electrons. The van der Waals surface area contributed by atoms with Gasteiger partial charge >= 0.3 is 0 Å². The molecule has 1 aliphatic rings. The van der Waals surface area contributed by atoms with Gasteiger partial charge in [0, 0.05) is 19.1 Å². The van der Waals surface area contributed by atoms with E-state index in [1.165, 1.54) is 19.4 Å². The predicted molar refractivity (Wildman–Crippen MR) is 57.3 cm³/mol. The third-order valence-electron chi connectivity index (χ3n) is 2.42. The monoisotopic (exact) mass is 201 g/mol. The maximum atomic E-state index is 8.56. The van der Waals surface area contributed by atoms with Crippen molar-refractivity contribution in [3.05, 3.63) is 0 Å². The van der Waals surface area contributed by atoms with Crippen molar-refractivity contribution in [2.45, 2.75) is 32.7 Å². The summed E-state index contributed by atoms with van der Waals surface area (Å²) in [6.07, 6.45) is 2.71. The molecule has 1 N–H and O–H groups in total. The summed E-state index contributed by atoms with van der Waals surface area (Å²) in [6.45, 7) is 8.06. The fourth-order valence-electron chi connectivity index (χ4n) is 1.68. The normalized spacial score (nSPS) is 16.9. The van der Waals surface area contributed by atoms with Gasteiger partial charge in [-0.2, -0.15) is 0 Å². The molecule has 1 aliphatic carbocycles. The molecule has 3 heteroatoms. The highest BCUT2D eigenvalue weighted by molar-refractivity contribution is 4.84. The van der Waals surface area contributed by atoms with E-state index in [9.17, 15) is 0 Å². The van der Waals surface area contributed by atoms with Crippen LogP contribution in [0.4, 0.5) is 0 Å². The van der Waals surface area contributed by atoms with Crippen molar-refractivity contribution in [1.82, 2.24) is 4.90 Å². The Morgan fingerprint density at radius 1 is 1.36 bits per heavy atom. The van der Waals surface area contributed by atoms with Gasteiger partial charge in [0.1, 0.15) is 0 Å². The minimum absolute atomic E-state index is 0.133. The molecule has 0 bridgehead atoms. The van der Waals surface area contributed by atoms with Gasteiger partial charge < -0.3 is 9.84 Å². The molecule has 0 heterocycles. The van der Waals surface area contributed by atoms with E-state index in [2.05, 4.69) is 18.7 Å². The summed E-state index contributed by atoms with van der Waals surface area (Å²) in [5.74, 6) is 0.730. The fraction of sp³-hybridized carbons (Fsp3) is 1.00. The third kappa shape index (κ3) is 4.94. The molecular weight excluding hydrogens is 178 g/mol. The summed E-state index contributed by atoms with van der Waals surface area (Å²) in [6, 6.07) is 0.815. The topological polar surface area (TPSA) is 32.7 Å². The molecule has 0 unspecified atom stereocenters. The zero-order valence-electron chi connectivity index (χ0n) is 9.41. The second-order valence-corrected chi connectivity index (χ2v) is 4.46. The molecule has 1 rings (SSSR count). The van der Waals surface area contributed by atoms with Crippen LogP contribution in [0.25, 0.3) is 0 Å². The molecule has 14 heavy (non-hydrogen) atoms. The number of hydrogen-bond donors (Lipinski definition) is 1. The molecule has 1 saturated carbocycles. The van der Waals surface area contributed by atoms with Gasteiger partial charge in [-0.15, -0.1) is 0 Å². The first-order valence-corrected chi connectivity index (χ1v) is 5.66. The van der Waals surface area contributed by atoms with Crippen LogP contribution in [0.2, 0.25) is 0 Å². The lowest BCUT2D eigenvalue weighted by atomic mass is 10.2. The lowest BCUT2D eigenvalue weighted by molar-refractivity contribution is 0.0692. The van der Waals surface area contributed by atoms with Gasteiger partial charge in [-0.05, 0) is 18.8 Å². The average molecular weight is 201 g/mol. The van der Waals surface area contributed by atoms with Crippen molar-refractivity contribution in [2.75, 3.05) is 32.9 Å². The van der Waals surface area contributed by atoms with E-state index >= 15 is 0 Å². The molecule has 0 aromatic heterocycles. The van der Waals surface area contributed by atoms with Gasteiger partial charge in [-0.3, -0.25) is 4.90 Å². The summed E-state index contributed by atoms with van der Waals surface area (Å²) in [7, 11) is 0. The summed E-state index contributed by atoms with van der Waals surface area (Å²) < 4.78 is 5.28. The molecule has 0 radical (unpaired) electrons. The molecule has 0 aromatic rings. The second kappa shape index (κ2) is 6.38. The Hall–Kier alpha value is -0.120. The van der Waals surface area contributed by atoms with Crippen LogP contribution in [0.1, 0.15) is 26.7 Å². The summed E-state index contributed by atoms with van der Waals surface area (Å²) in [4.78, 5) is 2.52. The number of aliphatic hydroxyl groups excluding tert-OH is 1. The number of aliphatic hydroxyl groups is 1. The Bertz CT molecular complexity index is 146. The van der Waals surface area contributed by atoms with Crippen LogP contribution in [-0.4, -0.2) is 49.0 Å². The molecule has 0 spiro atoms. The number of rotatable bonds is 8.